The minimum atomic E-state index is -0.494. The molecule has 1 aliphatic carbocycles. The van der Waals surface area contributed by atoms with E-state index in [1.165, 1.54) is 12.0 Å². The number of methoxy groups -OCH3 is 1. The molecule has 0 amide bonds. The maximum atomic E-state index is 10.7. The van der Waals surface area contributed by atoms with Gasteiger partial charge in [0.25, 0.3) is 0 Å². The molecule has 19 heavy (non-hydrogen) atoms. The molecule has 2 rings (SSSR count). The molecule has 2 N–H and O–H groups in total. The molecule has 0 saturated heterocycles. The summed E-state index contributed by atoms with van der Waals surface area (Å²) in [7, 11) is 3.64. The lowest BCUT2D eigenvalue weighted by Crippen LogP contribution is -2.36. The molecule has 1 aromatic rings. The van der Waals surface area contributed by atoms with Crippen molar-refractivity contribution < 1.29 is 9.84 Å². The molecule has 1 aliphatic rings. The Morgan fingerprint density at radius 1 is 1.21 bits per heavy atom. The first-order valence-electron chi connectivity index (χ1n) is 7.20. The van der Waals surface area contributed by atoms with Gasteiger partial charge in [0.1, 0.15) is 5.75 Å². The Labute approximate surface area is 116 Å². The quantitative estimate of drug-likeness (QED) is 0.858. The maximum absolute atomic E-state index is 10.7. The molecular formula is C16H25NO2. The fourth-order valence-electron chi connectivity index (χ4n) is 3.02. The molecule has 1 fully saturated rings. The summed E-state index contributed by atoms with van der Waals surface area (Å²) < 4.78 is 5.18. The SMILES string of the molecule is CNC(CC1(O)CCCCC1)c1ccc(OC)cc1. The number of nitrogens with one attached hydrogen (secondary N) is 1. The van der Waals surface area contributed by atoms with Crippen molar-refractivity contribution >= 4 is 0 Å². The number of ether oxygens (including phenoxy) is 1. The van der Waals surface area contributed by atoms with Crippen LogP contribution in [-0.4, -0.2) is 24.9 Å². The van der Waals surface area contributed by atoms with E-state index >= 15 is 0 Å². The van der Waals surface area contributed by atoms with Crippen LogP contribution in [-0.2, 0) is 0 Å². The third kappa shape index (κ3) is 3.71. The minimum Gasteiger partial charge on any atom is -0.497 e. The van der Waals surface area contributed by atoms with Crippen molar-refractivity contribution in [2.24, 2.45) is 0 Å². The van der Waals surface area contributed by atoms with Gasteiger partial charge >= 0.3 is 0 Å². The summed E-state index contributed by atoms with van der Waals surface area (Å²) in [5.74, 6) is 0.870. The Bertz CT molecular complexity index is 382. The summed E-state index contributed by atoms with van der Waals surface area (Å²) in [6.45, 7) is 0. The van der Waals surface area contributed by atoms with Gasteiger partial charge < -0.3 is 15.2 Å². The van der Waals surface area contributed by atoms with E-state index in [-0.39, 0.29) is 6.04 Å². The normalized spacial score (nSPS) is 19.9. The zero-order valence-corrected chi connectivity index (χ0v) is 12.0. The number of benzene rings is 1. The van der Waals surface area contributed by atoms with Gasteiger partial charge in [-0.1, -0.05) is 31.4 Å². The fourth-order valence-corrected chi connectivity index (χ4v) is 3.02. The summed E-state index contributed by atoms with van der Waals surface area (Å²) in [4.78, 5) is 0. The molecule has 106 valence electrons. The van der Waals surface area contributed by atoms with Gasteiger partial charge in [-0.2, -0.15) is 0 Å². The van der Waals surface area contributed by atoms with E-state index in [1.807, 2.05) is 19.2 Å². The zero-order chi connectivity index (χ0) is 13.7. The molecule has 1 unspecified atom stereocenters. The van der Waals surface area contributed by atoms with Crippen LogP contribution in [0.5, 0.6) is 5.75 Å². The van der Waals surface area contributed by atoms with Crippen LogP contribution in [0.4, 0.5) is 0 Å². The van der Waals surface area contributed by atoms with Gasteiger partial charge in [0, 0.05) is 6.04 Å². The van der Waals surface area contributed by atoms with Crippen LogP contribution in [0.3, 0.4) is 0 Å². The predicted molar refractivity (Wildman–Crippen MR) is 77.4 cm³/mol. The summed E-state index contributed by atoms with van der Waals surface area (Å²) in [6.07, 6.45) is 6.21. The molecule has 3 heteroatoms. The second-order valence-corrected chi connectivity index (χ2v) is 5.60. The Morgan fingerprint density at radius 3 is 2.37 bits per heavy atom. The highest BCUT2D eigenvalue weighted by Gasteiger charge is 2.32. The van der Waals surface area contributed by atoms with Gasteiger partial charge in [0.05, 0.1) is 12.7 Å². The van der Waals surface area contributed by atoms with Gasteiger partial charge in [0.2, 0.25) is 0 Å². The monoisotopic (exact) mass is 263 g/mol. The fraction of sp³-hybridized carbons (Fsp3) is 0.625. The first kappa shape index (κ1) is 14.4. The van der Waals surface area contributed by atoms with Crippen molar-refractivity contribution in [2.75, 3.05) is 14.2 Å². The van der Waals surface area contributed by atoms with Crippen LogP contribution in [0, 0.1) is 0 Å². The first-order chi connectivity index (χ1) is 9.17. The standard InChI is InChI=1S/C16H25NO2/c1-17-15(12-16(18)10-4-3-5-11-16)13-6-8-14(19-2)9-7-13/h6-9,15,17-18H,3-5,10-12H2,1-2H3. The zero-order valence-electron chi connectivity index (χ0n) is 12.0. The van der Waals surface area contributed by atoms with E-state index in [1.54, 1.807) is 7.11 Å². The van der Waals surface area contributed by atoms with Gasteiger partial charge in [-0.05, 0) is 44.0 Å². The second-order valence-electron chi connectivity index (χ2n) is 5.60. The molecule has 0 aliphatic heterocycles. The molecule has 0 heterocycles. The van der Waals surface area contributed by atoms with Crippen molar-refractivity contribution in [3.8, 4) is 5.75 Å². The summed E-state index contributed by atoms with van der Waals surface area (Å²) in [5.41, 5.74) is 0.716. The molecule has 1 saturated carbocycles. The molecule has 0 bridgehead atoms. The van der Waals surface area contributed by atoms with Gasteiger partial charge in [-0.25, -0.2) is 0 Å². The Hall–Kier alpha value is -1.06. The van der Waals surface area contributed by atoms with Crippen LogP contribution in [0.15, 0.2) is 24.3 Å². The molecule has 1 atom stereocenters. The molecular weight excluding hydrogens is 238 g/mol. The van der Waals surface area contributed by atoms with Crippen molar-refractivity contribution in [1.29, 1.82) is 0 Å². The smallest absolute Gasteiger partial charge is 0.118 e. The lowest BCUT2D eigenvalue weighted by atomic mass is 9.79. The second kappa shape index (κ2) is 6.40. The predicted octanol–water partition coefficient (Wildman–Crippen LogP) is 3.04. The third-order valence-corrected chi connectivity index (χ3v) is 4.23. The summed E-state index contributed by atoms with van der Waals surface area (Å²) in [5, 5.41) is 14.0. The number of rotatable bonds is 5. The minimum absolute atomic E-state index is 0.203. The van der Waals surface area contributed by atoms with Crippen LogP contribution < -0.4 is 10.1 Å². The molecule has 0 radical (unpaired) electrons. The highest BCUT2D eigenvalue weighted by atomic mass is 16.5. The molecule has 3 nitrogen and oxygen atoms in total. The Morgan fingerprint density at radius 2 is 1.84 bits per heavy atom. The van der Waals surface area contributed by atoms with Crippen LogP contribution in [0.25, 0.3) is 0 Å². The average molecular weight is 263 g/mol. The van der Waals surface area contributed by atoms with E-state index < -0.39 is 5.60 Å². The Kier molecular flexibility index (Phi) is 4.83. The molecule has 0 spiro atoms. The summed E-state index contributed by atoms with van der Waals surface area (Å²) >= 11 is 0. The van der Waals surface area contributed by atoms with E-state index in [9.17, 15) is 5.11 Å². The van der Waals surface area contributed by atoms with Gasteiger partial charge in [-0.15, -0.1) is 0 Å². The maximum Gasteiger partial charge on any atom is 0.118 e. The largest absolute Gasteiger partial charge is 0.497 e. The van der Waals surface area contributed by atoms with E-state index in [0.717, 1.165) is 37.9 Å². The van der Waals surface area contributed by atoms with Crippen molar-refractivity contribution in [3.05, 3.63) is 29.8 Å². The Balaban J connectivity index is 2.06. The van der Waals surface area contributed by atoms with E-state index in [4.69, 9.17) is 4.74 Å². The van der Waals surface area contributed by atoms with E-state index in [2.05, 4.69) is 17.4 Å². The van der Waals surface area contributed by atoms with Gasteiger partial charge in [-0.3, -0.25) is 0 Å². The van der Waals surface area contributed by atoms with Crippen LogP contribution >= 0.6 is 0 Å². The highest BCUT2D eigenvalue weighted by molar-refractivity contribution is 5.29. The highest BCUT2D eigenvalue weighted by Crippen LogP contribution is 2.35. The van der Waals surface area contributed by atoms with Gasteiger partial charge in [0.15, 0.2) is 0 Å². The topological polar surface area (TPSA) is 41.5 Å². The third-order valence-electron chi connectivity index (χ3n) is 4.23. The first-order valence-corrected chi connectivity index (χ1v) is 7.20. The number of hydrogen-bond donors (Lipinski definition) is 2. The van der Waals surface area contributed by atoms with Crippen molar-refractivity contribution in [2.45, 2.75) is 50.2 Å². The number of aliphatic hydroxyl groups is 1. The van der Waals surface area contributed by atoms with Crippen LogP contribution in [0.2, 0.25) is 0 Å². The average Bonchev–Trinajstić information content (AvgIpc) is 2.46. The summed E-state index contributed by atoms with van der Waals surface area (Å²) in [6, 6.07) is 8.31. The van der Waals surface area contributed by atoms with Crippen LogP contribution in [0.1, 0.15) is 50.1 Å². The lowest BCUT2D eigenvalue weighted by molar-refractivity contribution is -0.0120. The van der Waals surface area contributed by atoms with E-state index in [0.29, 0.717) is 0 Å². The van der Waals surface area contributed by atoms with Crippen molar-refractivity contribution in [3.63, 3.8) is 0 Å². The van der Waals surface area contributed by atoms with Crippen molar-refractivity contribution in [1.82, 2.24) is 5.32 Å². The molecule has 0 aromatic heterocycles. The number of hydrogen-bond acceptors (Lipinski definition) is 3. The lowest BCUT2D eigenvalue weighted by Gasteiger charge is -2.35. The molecule has 1 aromatic carbocycles.